The molecule has 4 rings (SSSR count). The number of rotatable bonds is 3. The minimum absolute atomic E-state index is 0.0322. The van der Waals surface area contributed by atoms with Crippen LogP contribution in [0.5, 0.6) is 0 Å². The van der Waals surface area contributed by atoms with Crippen LogP contribution in [0.25, 0.3) is 0 Å². The van der Waals surface area contributed by atoms with E-state index in [9.17, 15) is 9.18 Å². The maximum Gasteiger partial charge on any atom is 0.240 e. The largest absolute Gasteiger partial charge is 0.311 e. The van der Waals surface area contributed by atoms with Crippen LogP contribution in [0.3, 0.4) is 0 Å². The molecule has 1 unspecified atom stereocenters. The molecule has 1 aromatic heterocycles. The minimum atomic E-state index is -0.548. The number of pyridine rings is 1. The first kappa shape index (κ1) is 15.5. The molecule has 1 atom stereocenters. The van der Waals surface area contributed by atoms with Crippen molar-refractivity contribution in [1.82, 2.24) is 4.98 Å². The lowest BCUT2D eigenvalue weighted by molar-refractivity contribution is -0.119. The Bertz CT molecular complexity index is 893. The summed E-state index contributed by atoms with van der Waals surface area (Å²) in [5.41, 5.74) is 3.54. The van der Waals surface area contributed by atoms with Crippen molar-refractivity contribution < 1.29 is 9.18 Å². The van der Waals surface area contributed by atoms with E-state index in [0.717, 1.165) is 17.7 Å². The summed E-state index contributed by atoms with van der Waals surface area (Å²) in [6.45, 7) is 0.655. The van der Waals surface area contributed by atoms with Crippen LogP contribution in [0, 0.1) is 5.82 Å². The van der Waals surface area contributed by atoms with Gasteiger partial charge in [0.25, 0.3) is 0 Å². The molecule has 0 aliphatic carbocycles. The van der Waals surface area contributed by atoms with Crippen LogP contribution in [-0.4, -0.2) is 17.4 Å². The fourth-order valence-corrected chi connectivity index (χ4v) is 3.36. The minimum Gasteiger partial charge on any atom is -0.311 e. The first-order valence-corrected chi connectivity index (χ1v) is 8.30. The molecule has 0 saturated heterocycles. The van der Waals surface area contributed by atoms with Gasteiger partial charge in [-0.15, -0.1) is 0 Å². The second-order valence-corrected chi connectivity index (χ2v) is 6.11. The Labute approximate surface area is 145 Å². The molecule has 0 fully saturated rings. The summed E-state index contributed by atoms with van der Waals surface area (Å²) in [6.07, 6.45) is 2.53. The summed E-state index contributed by atoms with van der Waals surface area (Å²) in [5, 5.41) is 0. The molecule has 0 spiro atoms. The number of anilines is 1. The van der Waals surface area contributed by atoms with Crippen LogP contribution in [-0.2, 0) is 11.2 Å². The quantitative estimate of drug-likeness (QED) is 0.728. The van der Waals surface area contributed by atoms with Crippen molar-refractivity contribution in [3.8, 4) is 0 Å². The van der Waals surface area contributed by atoms with E-state index in [1.165, 1.54) is 17.7 Å². The third-order valence-corrected chi connectivity index (χ3v) is 4.59. The van der Waals surface area contributed by atoms with E-state index < -0.39 is 5.92 Å². The van der Waals surface area contributed by atoms with E-state index in [-0.39, 0.29) is 11.7 Å². The number of amides is 1. The molecule has 1 aliphatic heterocycles. The van der Waals surface area contributed by atoms with Crippen molar-refractivity contribution in [2.24, 2.45) is 0 Å². The van der Waals surface area contributed by atoms with Gasteiger partial charge in [0.05, 0.1) is 5.69 Å². The van der Waals surface area contributed by atoms with Gasteiger partial charge in [-0.3, -0.25) is 9.78 Å². The number of fused-ring (bicyclic) bond motifs is 1. The van der Waals surface area contributed by atoms with Gasteiger partial charge in [-0.05, 0) is 47.9 Å². The van der Waals surface area contributed by atoms with Crippen LogP contribution in [0.2, 0.25) is 0 Å². The predicted molar refractivity (Wildman–Crippen MR) is 95.0 cm³/mol. The lowest BCUT2D eigenvalue weighted by atomic mass is 9.93. The third kappa shape index (κ3) is 2.91. The maximum absolute atomic E-state index is 13.4. The van der Waals surface area contributed by atoms with Crippen LogP contribution >= 0.6 is 0 Å². The van der Waals surface area contributed by atoms with Crippen LogP contribution in [0.1, 0.15) is 22.7 Å². The number of carbonyl (C=O) groups excluding carboxylic acids is 1. The van der Waals surface area contributed by atoms with E-state index in [1.54, 1.807) is 18.3 Å². The Morgan fingerprint density at radius 3 is 2.52 bits per heavy atom. The monoisotopic (exact) mass is 332 g/mol. The number of aromatic nitrogens is 1. The average Bonchev–Trinajstić information content (AvgIpc) is 3.08. The molecule has 2 aromatic carbocycles. The van der Waals surface area contributed by atoms with Crippen LogP contribution in [0.4, 0.5) is 10.1 Å². The fraction of sp³-hybridized carbons (Fsp3) is 0.143. The van der Waals surface area contributed by atoms with Gasteiger partial charge in [0, 0.05) is 18.4 Å². The molecular formula is C21H17FN2O. The van der Waals surface area contributed by atoms with E-state index in [0.29, 0.717) is 12.2 Å². The first-order chi connectivity index (χ1) is 12.2. The van der Waals surface area contributed by atoms with E-state index >= 15 is 0 Å². The molecule has 3 aromatic rings. The highest BCUT2D eigenvalue weighted by atomic mass is 19.1. The van der Waals surface area contributed by atoms with E-state index in [1.807, 2.05) is 41.3 Å². The molecule has 4 heteroatoms. The van der Waals surface area contributed by atoms with Gasteiger partial charge in [-0.25, -0.2) is 4.39 Å². The number of halogens is 1. The molecule has 0 bridgehead atoms. The lowest BCUT2D eigenvalue weighted by Crippen LogP contribution is -2.34. The Kier molecular flexibility index (Phi) is 4.02. The second kappa shape index (κ2) is 6.48. The summed E-state index contributed by atoms with van der Waals surface area (Å²) >= 11 is 0. The Hall–Kier alpha value is -3.01. The molecule has 2 heterocycles. The zero-order valence-corrected chi connectivity index (χ0v) is 13.6. The first-order valence-electron chi connectivity index (χ1n) is 8.30. The molecule has 0 radical (unpaired) electrons. The van der Waals surface area contributed by atoms with Crippen molar-refractivity contribution >= 4 is 11.6 Å². The van der Waals surface area contributed by atoms with Crippen molar-refractivity contribution in [1.29, 1.82) is 0 Å². The molecule has 3 nitrogen and oxygen atoms in total. The number of nitrogens with zero attached hydrogens (tertiary/aromatic N) is 2. The molecule has 1 amide bonds. The van der Waals surface area contributed by atoms with Gasteiger partial charge in [0.15, 0.2) is 0 Å². The Balaban J connectivity index is 1.76. The molecule has 0 saturated carbocycles. The van der Waals surface area contributed by atoms with Gasteiger partial charge < -0.3 is 4.90 Å². The van der Waals surface area contributed by atoms with Gasteiger partial charge in [0.2, 0.25) is 5.91 Å². The smallest absolute Gasteiger partial charge is 0.240 e. The average molecular weight is 332 g/mol. The van der Waals surface area contributed by atoms with Crippen molar-refractivity contribution in [3.63, 3.8) is 0 Å². The molecule has 1 aliphatic rings. The number of hydrogen-bond acceptors (Lipinski definition) is 2. The number of benzene rings is 2. The Morgan fingerprint density at radius 1 is 1.00 bits per heavy atom. The van der Waals surface area contributed by atoms with Crippen molar-refractivity contribution in [2.75, 3.05) is 11.4 Å². The normalized spacial score (nSPS) is 14.2. The zero-order chi connectivity index (χ0) is 17.2. The Morgan fingerprint density at radius 2 is 1.76 bits per heavy atom. The number of carbonyl (C=O) groups is 1. The third-order valence-electron chi connectivity index (χ3n) is 4.59. The summed E-state index contributed by atoms with van der Waals surface area (Å²) < 4.78 is 13.3. The van der Waals surface area contributed by atoms with E-state index in [4.69, 9.17) is 0 Å². The number of para-hydroxylation sites is 1. The highest BCUT2D eigenvalue weighted by Crippen LogP contribution is 2.33. The summed E-state index contributed by atoms with van der Waals surface area (Å²) in [7, 11) is 0. The molecule has 0 N–H and O–H groups in total. The zero-order valence-electron chi connectivity index (χ0n) is 13.6. The van der Waals surface area contributed by atoms with Gasteiger partial charge in [-0.1, -0.05) is 36.4 Å². The SMILES string of the molecule is O=C(C(c1ccc(F)cc1)c1ccccn1)N1CCc2ccccc21. The summed E-state index contributed by atoms with van der Waals surface area (Å²) in [5.74, 6) is -0.897. The lowest BCUT2D eigenvalue weighted by Gasteiger charge is -2.24. The van der Waals surface area contributed by atoms with Crippen molar-refractivity contribution in [2.45, 2.75) is 12.3 Å². The number of hydrogen-bond donors (Lipinski definition) is 0. The highest BCUT2D eigenvalue weighted by molar-refractivity contribution is 6.01. The molecule has 124 valence electrons. The van der Waals surface area contributed by atoms with Gasteiger partial charge >= 0.3 is 0 Å². The van der Waals surface area contributed by atoms with E-state index in [2.05, 4.69) is 11.1 Å². The molecular weight excluding hydrogens is 315 g/mol. The van der Waals surface area contributed by atoms with Crippen LogP contribution in [0.15, 0.2) is 72.9 Å². The van der Waals surface area contributed by atoms with Crippen molar-refractivity contribution in [3.05, 3.63) is 95.6 Å². The predicted octanol–water partition coefficient (Wildman–Crippen LogP) is 3.94. The standard InChI is InChI=1S/C21H17FN2O/c22-17-10-8-16(9-11-17)20(18-6-3-4-13-23-18)21(25)24-14-12-15-5-1-2-7-19(15)24/h1-11,13,20H,12,14H2. The second-order valence-electron chi connectivity index (χ2n) is 6.11. The molecule has 25 heavy (non-hydrogen) atoms. The fourth-order valence-electron chi connectivity index (χ4n) is 3.36. The van der Waals surface area contributed by atoms with Gasteiger partial charge in [-0.2, -0.15) is 0 Å². The van der Waals surface area contributed by atoms with Crippen LogP contribution < -0.4 is 4.90 Å². The summed E-state index contributed by atoms with van der Waals surface area (Å²) in [4.78, 5) is 19.6. The van der Waals surface area contributed by atoms with Gasteiger partial charge in [0.1, 0.15) is 11.7 Å². The summed E-state index contributed by atoms with van der Waals surface area (Å²) in [6, 6.07) is 19.6. The topological polar surface area (TPSA) is 33.2 Å². The highest BCUT2D eigenvalue weighted by Gasteiger charge is 2.32. The maximum atomic E-state index is 13.4.